The molecule has 0 aliphatic carbocycles. The van der Waals surface area contributed by atoms with Crippen LogP contribution in [-0.4, -0.2) is 52.3 Å². The Morgan fingerprint density at radius 1 is 0.893 bits per heavy atom. The molecule has 1 aromatic carbocycles. The molecular weight excluding hydrogens is 378 g/mol. The molecule has 28 heavy (non-hydrogen) atoms. The van der Waals surface area contributed by atoms with E-state index in [9.17, 15) is 4.79 Å². The second-order valence-corrected chi connectivity index (χ2v) is 6.64. The average molecular weight is 396 g/mol. The number of aromatic nitrogens is 4. The fourth-order valence-electron chi connectivity index (χ4n) is 2.95. The van der Waals surface area contributed by atoms with Crippen LogP contribution in [0.1, 0.15) is 10.5 Å². The van der Waals surface area contributed by atoms with Gasteiger partial charge in [-0.05, 0) is 30.3 Å². The summed E-state index contributed by atoms with van der Waals surface area (Å²) in [6.07, 6.45) is 3.49. The Kier molecular flexibility index (Phi) is 5.29. The van der Waals surface area contributed by atoms with Crippen molar-refractivity contribution in [3.8, 4) is 0 Å². The Morgan fingerprint density at radius 2 is 1.61 bits per heavy atom. The van der Waals surface area contributed by atoms with Crippen LogP contribution in [0.15, 0.2) is 54.9 Å². The first-order valence-corrected chi connectivity index (χ1v) is 9.25. The molecule has 2 aromatic heterocycles. The molecule has 0 unspecified atom stereocenters. The van der Waals surface area contributed by atoms with Crippen LogP contribution < -0.4 is 15.1 Å². The summed E-state index contributed by atoms with van der Waals surface area (Å²) in [7, 11) is 0. The van der Waals surface area contributed by atoms with Crippen LogP contribution in [0.3, 0.4) is 0 Å². The van der Waals surface area contributed by atoms with Gasteiger partial charge in [0.15, 0.2) is 11.5 Å². The van der Waals surface area contributed by atoms with Crippen molar-refractivity contribution in [3.05, 3.63) is 65.6 Å². The van der Waals surface area contributed by atoms with E-state index in [2.05, 4.69) is 35.3 Å². The minimum Gasteiger partial charge on any atom is -0.352 e. The summed E-state index contributed by atoms with van der Waals surface area (Å²) in [4.78, 5) is 25.2. The summed E-state index contributed by atoms with van der Waals surface area (Å²) in [5.41, 5.74) is 0.777. The second kappa shape index (κ2) is 8.18. The maximum Gasteiger partial charge on any atom is 0.276 e. The maximum atomic E-state index is 12.3. The highest BCUT2D eigenvalue weighted by molar-refractivity contribution is 6.33. The number of nitrogens with zero attached hydrogens (tertiary/aromatic N) is 6. The van der Waals surface area contributed by atoms with Crippen molar-refractivity contribution in [1.29, 1.82) is 0 Å². The molecular formula is C19H18ClN7O. The van der Waals surface area contributed by atoms with Crippen LogP contribution >= 0.6 is 11.6 Å². The van der Waals surface area contributed by atoms with Crippen LogP contribution in [0.5, 0.6) is 0 Å². The maximum absolute atomic E-state index is 12.3. The summed E-state index contributed by atoms with van der Waals surface area (Å²) >= 11 is 6.07. The molecule has 1 aliphatic heterocycles. The predicted octanol–water partition coefficient (Wildman–Crippen LogP) is 2.50. The molecule has 0 bridgehead atoms. The number of carbonyl (C=O) groups excluding carboxylic acids is 1. The van der Waals surface area contributed by atoms with Crippen LogP contribution in [-0.2, 0) is 0 Å². The number of nitrogens with one attached hydrogen (secondary N) is 1. The third-order valence-corrected chi connectivity index (χ3v) is 4.77. The number of para-hydroxylation sites is 1. The Labute approximate surface area is 167 Å². The summed E-state index contributed by atoms with van der Waals surface area (Å²) in [6.45, 7) is 3.14. The van der Waals surface area contributed by atoms with Crippen molar-refractivity contribution in [2.45, 2.75) is 0 Å². The highest BCUT2D eigenvalue weighted by Gasteiger charge is 2.20. The number of hydrogen-bond donors (Lipinski definition) is 1. The van der Waals surface area contributed by atoms with Crippen molar-refractivity contribution in [3.63, 3.8) is 0 Å². The summed E-state index contributed by atoms with van der Waals surface area (Å²) in [5, 5.41) is 11.5. The van der Waals surface area contributed by atoms with Gasteiger partial charge in [-0.25, -0.2) is 9.97 Å². The molecule has 0 radical (unpaired) electrons. The van der Waals surface area contributed by atoms with Crippen LogP contribution in [0.25, 0.3) is 0 Å². The third-order valence-electron chi connectivity index (χ3n) is 4.44. The van der Waals surface area contributed by atoms with E-state index in [0.717, 1.165) is 37.9 Å². The van der Waals surface area contributed by atoms with Crippen molar-refractivity contribution >= 4 is 35.0 Å². The normalized spacial score (nSPS) is 14.0. The minimum atomic E-state index is -0.349. The van der Waals surface area contributed by atoms with E-state index in [1.807, 2.05) is 6.07 Å². The van der Waals surface area contributed by atoms with Crippen LogP contribution in [0.2, 0.25) is 5.02 Å². The lowest BCUT2D eigenvalue weighted by Crippen LogP contribution is -2.47. The molecule has 3 aromatic rings. The van der Waals surface area contributed by atoms with E-state index in [4.69, 9.17) is 11.6 Å². The van der Waals surface area contributed by atoms with E-state index in [1.54, 1.807) is 48.8 Å². The molecule has 1 aliphatic rings. The van der Waals surface area contributed by atoms with Gasteiger partial charge < -0.3 is 15.1 Å². The predicted molar refractivity (Wildman–Crippen MR) is 108 cm³/mol. The number of piperazine rings is 1. The van der Waals surface area contributed by atoms with Crippen molar-refractivity contribution < 1.29 is 4.79 Å². The molecule has 1 N–H and O–H groups in total. The Balaban J connectivity index is 1.37. The molecule has 0 spiro atoms. The molecule has 9 heteroatoms. The molecule has 142 valence electrons. The summed E-state index contributed by atoms with van der Waals surface area (Å²) in [6, 6.07) is 12.3. The van der Waals surface area contributed by atoms with E-state index < -0.39 is 0 Å². The van der Waals surface area contributed by atoms with Crippen molar-refractivity contribution in [1.82, 2.24) is 20.2 Å². The van der Waals surface area contributed by atoms with Gasteiger partial charge in [0, 0.05) is 38.6 Å². The van der Waals surface area contributed by atoms with Crippen LogP contribution in [0.4, 0.5) is 17.5 Å². The van der Waals surface area contributed by atoms with Gasteiger partial charge in [-0.15, -0.1) is 10.2 Å². The topological polar surface area (TPSA) is 87.1 Å². The number of amides is 1. The van der Waals surface area contributed by atoms with Crippen molar-refractivity contribution in [2.24, 2.45) is 0 Å². The first-order valence-electron chi connectivity index (χ1n) is 8.87. The van der Waals surface area contributed by atoms with Gasteiger partial charge in [-0.2, -0.15) is 0 Å². The van der Waals surface area contributed by atoms with Gasteiger partial charge in [0.2, 0.25) is 5.95 Å². The quantitative estimate of drug-likeness (QED) is 0.726. The first-order chi connectivity index (χ1) is 13.7. The number of anilines is 3. The SMILES string of the molecule is O=C(Nc1ccccc1Cl)c1ccc(N2CCN(c3ncccn3)CC2)nn1. The zero-order chi connectivity index (χ0) is 19.3. The molecule has 8 nitrogen and oxygen atoms in total. The number of halogens is 1. The second-order valence-electron chi connectivity index (χ2n) is 6.23. The first kappa shape index (κ1) is 18.1. The number of rotatable bonds is 4. The zero-order valence-electron chi connectivity index (χ0n) is 15.0. The van der Waals surface area contributed by atoms with Gasteiger partial charge in [-0.3, -0.25) is 4.79 Å². The molecule has 0 saturated carbocycles. The highest BCUT2D eigenvalue weighted by Crippen LogP contribution is 2.21. The lowest BCUT2D eigenvalue weighted by atomic mass is 10.3. The molecule has 1 saturated heterocycles. The Morgan fingerprint density at radius 3 is 2.29 bits per heavy atom. The standard InChI is InChI=1S/C19H18ClN7O/c20-14-4-1-2-5-15(14)23-18(28)16-6-7-17(25-24-16)26-10-12-27(13-11-26)19-21-8-3-9-22-19/h1-9H,10-13H2,(H,23,28). The Bertz CT molecular complexity index is 944. The smallest absolute Gasteiger partial charge is 0.276 e. The Hall–Kier alpha value is -3.26. The summed E-state index contributed by atoms with van der Waals surface area (Å²) < 4.78 is 0. The lowest BCUT2D eigenvalue weighted by Gasteiger charge is -2.35. The van der Waals surface area contributed by atoms with Gasteiger partial charge in [0.25, 0.3) is 5.91 Å². The fraction of sp³-hybridized carbons (Fsp3) is 0.211. The van der Waals surface area contributed by atoms with E-state index in [-0.39, 0.29) is 11.6 Å². The lowest BCUT2D eigenvalue weighted by molar-refractivity contribution is 0.102. The zero-order valence-corrected chi connectivity index (χ0v) is 15.8. The molecule has 1 fully saturated rings. The van der Waals surface area contributed by atoms with Crippen molar-refractivity contribution in [2.75, 3.05) is 41.3 Å². The molecule has 3 heterocycles. The average Bonchev–Trinajstić information content (AvgIpc) is 2.76. The third kappa shape index (κ3) is 4.01. The van der Waals surface area contributed by atoms with E-state index in [0.29, 0.717) is 10.7 Å². The van der Waals surface area contributed by atoms with Gasteiger partial charge in [0.05, 0.1) is 10.7 Å². The minimum absolute atomic E-state index is 0.236. The van der Waals surface area contributed by atoms with Gasteiger partial charge in [0.1, 0.15) is 0 Å². The fourth-order valence-corrected chi connectivity index (χ4v) is 3.14. The molecule has 0 atom stereocenters. The molecule has 1 amide bonds. The van der Waals surface area contributed by atoms with Gasteiger partial charge in [-0.1, -0.05) is 23.7 Å². The summed E-state index contributed by atoms with van der Waals surface area (Å²) in [5.74, 6) is 1.13. The largest absolute Gasteiger partial charge is 0.352 e. The number of benzene rings is 1. The molecule has 4 rings (SSSR count). The highest BCUT2D eigenvalue weighted by atomic mass is 35.5. The van der Waals surface area contributed by atoms with Crippen LogP contribution in [0, 0.1) is 0 Å². The van der Waals surface area contributed by atoms with Gasteiger partial charge >= 0.3 is 0 Å². The number of carbonyl (C=O) groups is 1. The number of hydrogen-bond acceptors (Lipinski definition) is 7. The van der Waals surface area contributed by atoms with E-state index >= 15 is 0 Å². The monoisotopic (exact) mass is 395 g/mol. The van der Waals surface area contributed by atoms with E-state index in [1.165, 1.54) is 0 Å².